The molecule has 2 amide bonds. The van der Waals surface area contributed by atoms with Crippen LogP contribution in [0.15, 0.2) is 29.2 Å². The maximum atomic E-state index is 12.6. The molecule has 0 spiro atoms. The van der Waals surface area contributed by atoms with Crippen LogP contribution in [0.25, 0.3) is 0 Å². The van der Waals surface area contributed by atoms with E-state index in [1.807, 2.05) is 29.2 Å². The number of thioether (sulfide) groups is 1. The fraction of sp³-hybridized carbons (Fsp3) is 0.556. The Balaban J connectivity index is 1.30. The molecule has 2 aliphatic heterocycles. The highest BCUT2D eigenvalue weighted by Gasteiger charge is 2.32. The molecule has 0 radical (unpaired) electrons. The maximum Gasteiger partial charge on any atom is 0.238 e. The van der Waals surface area contributed by atoms with Gasteiger partial charge in [-0.2, -0.15) is 0 Å². The predicted molar refractivity (Wildman–Crippen MR) is 95.1 cm³/mol. The van der Waals surface area contributed by atoms with Gasteiger partial charge in [0.1, 0.15) is 0 Å². The van der Waals surface area contributed by atoms with Crippen molar-refractivity contribution < 1.29 is 9.59 Å². The van der Waals surface area contributed by atoms with Gasteiger partial charge in [0.2, 0.25) is 11.8 Å². The first-order valence-corrected chi connectivity index (χ1v) is 9.64. The second-order valence-corrected chi connectivity index (χ2v) is 8.17. The lowest BCUT2D eigenvalue weighted by Crippen LogP contribution is -2.50. The summed E-state index contributed by atoms with van der Waals surface area (Å²) < 4.78 is 0. The first kappa shape index (κ1) is 16.0. The summed E-state index contributed by atoms with van der Waals surface area (Å²) in [6.45, 7) is 4.71. The zero-order chi connectivity index (χ0) is 16.5. The number of nitrogens with one attached hydrogen (secondary N) is 1. The molecule has 1 saturated carbocycles. The zero-order valence-electron chi connectivity index (χ0n) is 13.7. The van der Waals surface area contributed by atoms with Crippen LogP contribution in [0.1, 0.15) is 19.3 Å². The van der Waals surface area contributed by atoms with Crippen molar-refractivity contribution in [3.05, 3.63) is 24.3 Å². The van der Waals surface area contributed by atoms with Crippen molar-refractivity contribution in [2.45, 2.75) is 29.4 Å². The number of hydrogen-bond donors (Lipinski definition) is 1. The van der Waals surface area contributed by atoms with E-state index in [4.69, 9.17) is 0 Å². The minimum absolute atomic E-state index is 0.0561. The third kappa shape index (κ3) is 3.59. The molecule has 1 aromatic carbocycles. The normalized spacial score (nSPS) is 24.4. The topological polar surface area (TPSA) is 52.7 Å². The molecule has 1 saturated heterocycles. The van der Waals surface area contributed by atoms with E-state index in [0.717, 1.165) is 42.7 Å². The van der Waals surface area contributed by atoms with Gasteiger partial charge >= 0.3 is 0 Å². The van der Waals surface area contributed by atoms with Crippen molar-refractivity contribution >= 4 is 29.3 Å². The molecule has 2 fully saturated rings. The van der Waals surface area contributed by atoms with Gasteiger partial charge in [0.05, 0.1) is 10.9 Å². The van der Waals surface area contributed by atoms with E-state index in [1.54, 1.807) is 0 Å². The van der Waals surface area contributed by atoms with Crippen molar-refractivity contribution in [1.82, 2.24) is 9.80 Å². The fourth-order valence-electron chi connectivity index (χ4n) is 3.36. The number of fused-ring (bicyclic) bond motifs is 1. The Kier molecular flexibility index (Phi) is 4.50. The standard InChI is InChI=1S/C18H23N3O2S/c22-17(21-9-7-20(8-10-21)12-13-5-6-13)11-16-18(23)19-14-3-1-2-4-15(14)24-16/h1-4,13,16H,5-12H2,(H,19,23)/t16-/m1/s1. The van der Waals surface area contributed by atoms with Gasteiger partial charge in [0.15, 0.2) is 0 Å². The highest BCUT2D eigenvalue weighted by Crippen LogP contribution is 2.37. The number of hydrogen-bond acceptors (Lipinski definition) is 4. The van der Waals surface area contributed by atoms with Crippen molar-refractivity contribution in [2.24, 2.45) is 5.92 Å². The lowest BCUT2D eigenvalue weighted by Gasteiger charge is -2.35. The molecule has 2 heterocycles. The molecule has 1 N–H and O–H groups in total. The molecule has 6 heteroatoms. The molecular formula is C18H23N3O2S. The minimum atomic E-state index is -0.322. The van der Waals surface area contributed by atoms with E-state index in [9.17, 15) is 9.59 Å². The van der Waals surface area contributed by atoms with Gasteiger partial charge in [-0.05, 0) is 30.9 Å². The van der Waals surface area contributed by atoms with Gasteiger partial charge in [-0.1, -0.05) is 12.1 Å². The molecule has 0 bridgehead atoms. The second kappa shape index (κ2) is 6.76. The number of carbonyl (C=O) groups excluding carboxylic acids is 2. The van der Waals surface area contributed by atoms with E-state index < -0.39 is 0 Å². The summed E-state index contributed by atoms with van der Waals surface area (Å²) >= 11 is 1.50. The monoisotopic (exact) mass is 345 g/mol. The number of nitrogens with zero attached hydrogens (tertiary/aromatic N) is 2. The zero-order valence-corrected chi connectivity index (χ0v) is 14.6. The first-order chi connectivity index (χ1) is 11.7. The number of amides is 2. The molecular weight excluding hydrogens is 322 g/mol. The Morgan fingerprint density at radius 1 is 1.17 bits per heavy atom. The van der Waals surface area contributed by atoms with Gasteiger partial charge in [-0.15, -0.1) is 11.8 Å². The predicted octanol–water partition coefficient (Wildman–Crippen LogP) is 2.04. The van der Waals surface area contributed by atoms with Crippen LogP contribution in [0.5, 0.6) is 0 Å². The first-order valence-electron chi connectivity index (χ1n) is 8.76. The third-order valence-electron chi connectivity index (χ3n) is 5.00. The van der Waals surface area contributed by atoms with Crippen molar-refractivity contribution in [2.75, 3.05) is 38.0 Å². The Morgan fingerprint density at radius 2 is 1.92 bits per heavy atom. The Hall–Kier alpha value is -1.53. The lowest BCUT2D eigenvalue weighted by atomic mass is 10.2. The summed E-state index contributed by atoms with van der Waals surface area (Å²) in [4.78, 5) is 30.3. The summed E-state index contributed by atoms with van der Waals surface area (Å²) in [5, 5.41) is 2.59. The summed E-state index contributed by atoms with van der Waals surface area (Å²) in [5.41, 5.74) is 0.852. The van der Waals surface area contributed by atoms with E-state index in [-0.39, 0.29) is 23.5 Å². The number of carbonyl (C=O) groups is 2. The van der Waals surface area contributed by atoms with Crippen LogP contribution >= 0.6 is 11.8 Å². The molecule has 0 unspecified atom stereocenters. The Labute approximate surface area is 146 Å². The molecule has 1 aliphatic carbocycles. The van der Waals surface area contributed by atoms with Crippen molar-refractivity contribution in [3.8, 4) is 0 Å². The molecule has 0 aromatic heterocycles. The summed E-state index contributed by atoms with van der Waals surface area (Å²) in [6, 6.07) is 7.76. The largest absolute Gasteiger partial charge is 0.340 e. The highest BCUT2D eigenvalue weighted by molar-refractivity contribution is 8.01. The second-order valence-electron chi connectivity index (χ2n) is 6.92. The number of para-hydroxylation sites is 1. The van der Waals surface area contributed by atoms with Crippen LogP contribution in [-0.4, -0.2) is 59.6 Å². The molecule has 3 aliphatic rings. The van der Waals surface area contributed by atoms with Crippen LogP contribution < -0.4 is 5.32 Å². The smallest absolute Gasteiger partial charge is 0.238 e. The SMILES string of the molecule is O=C1Nc2ccccc2S[C@@H]1CC(=O)N1CCN(CC2CC2)CC1. The Bertz CT molecular complexity index is 639. The van der Waals surface area contributed by atoms with E-state index >= 15 is 0 Å². The summed E-state index contributed by atoms with van der Waals surface area (Å²) in [5.74, 6) is 0.946. The van der Waals surface area contributed by atoms with Crippen LogP contribution in [0, 0.1) is 5.92 Å². The van der Waals surface area contributed by atoms with Crippen LogP contribution in [0.3, 0.4) is 0 Å². The van der Waals surface area contributed by atoms with Gasteiger partial charge in [0.25, 0.3) is 0 Å². The number of rotatable bonds is 4. The number of benzene rings is 1. The van der Waals surface area contributed by atoms with Crippen LogP contribution in [-0.2, 0) is 9.59 Å². The quantitative estimate of drug-likeness (QED) is 0.907. The summed E-state index contributed by atoms with van der Waals surface area (Å²) in [6.07, 6.45) is 3.02. The Morgan fingerprint density at radius 3 is 2.67 bits per heavy atom. The molecule has 1 atom stereocenters. The lowest BCUT2D eigenvalue weighted by molar-refractivity contribution is -0.134. The summed E-state index contributed by atoms with van der Waals surface area (Å²) in [7, 11) is 0. The van der Waals surface area contributed by atoms with Gasteiger partial charge in [0, 0.05) is 44.0 Å². The van der Waals surface area contributed by atoms with Gasteiger partial charge < -0.3 is 10.2 Å². The van der Waals surface area contributed by atoms with Crippen LogP contribution in [0.2, 0.25) is 0 Å². The van der Waals surface area contributed by atoms with Gasteiger partial charge in [-0.25, -0.2) is 0 Å². The highest BCUT2D eigenvalue weighted by atomic mass is 32.2. The van der Waals surface area contributed by atoms with Crippen molar-refractivity contribution in [3.63, 3.8) is 0 Å². The molecule has 128 valence electrons. The average Bonchev–Trinajstić information content (AvgIpc) is 3.40. The average molecular weight is 345 g/mol. The molecule has 24 heavy (non-hydrogen) atoms. The fourth-order valence-corrected chi connectivity index (χ4v) is 4.46. The minimum Gasteiger partial charge on any atom is -0.340 e. The number of anilines is 1. The maximum absolute atomic E-state index is 12.6. The number of piperazine rings is 1. The molecule has 1 aromatic rings. The van der Waals surface area contributed by atoms with Crippen molar-refractivity contribution in [1.29, 1.82) is 0 Å². The third-order valence-corrected chi connectivity index (χ3v) is 6.28. The van der Waals surface area contributed by atoms with E-state index in [0.29, 0.717) is 0 Å². The molecule has 5 nitrogen and oxygen atoms in total. The van der Waals surface area contributed by atoms with E-state index in [2.05, 4.69) is 10.2 Å². The van der Waals surface area contributed by atoms with Gasteiger partial charge in [-0.3, -0.25) is 14.5 Å². The molecule has 4 rings (SSSR count). The van der Waals surface area contributed by atoms with E-state index in [1.165, 1.54) is 31.1 Å². The van der Waals surface area contributed by atoms with Crippen LogP contribution in [0.4, 0.5) is 5.69 Å².